The number of hydrogen-bond acceptors (Lipinski definition) is 5. The van der Waals surface area contributed by atoms with Gasteiger partial charge in [-0.3, -0.25) is 9.38 Å². The molecule has 19 heavy (non-hydrogen) atoms. The van der Waals surface area contributed by atoms with Gasteiger partial charge in [0, 0.05) is 30.2 Å². The summed E-state index contributed by atoms with van der Waals surface area (Å²) in [5.74, 6) is 1.29. The lowest BCUT2D eigenvalue weighted by molar-refractivity contribution is 0.454. The molecule has 5 nitrogen and oxygen atoms in total. The first kappa shape index (κ1) is 12.1. The highest BCUT2D eigenvalue weighted by atomic mass is 32.1. The number of imidazole rings is 1. The summed E-state index contributed by atoms with van der Waals surface area (Å²) in [4.78, 5) is 9.44. The number of pyridine rings is 1. The van der Waals surface area contributed by atoms with Gasteiger partial charge >= 0.3 is 0 Å². The molecule has 3 aromatic rings. The Bertz CT molecular complexity index is 674. The van der Waals surface area contributed by atoms with Gasteiger partial charge in [0.05, 0.1) is 11.9 Å². The molecule has 0 aliphatic heterocycles. The van der Waals surface area contributed by atoms with Crippen molar-refractivity contribution in [2.45, 2.75) is 19.4 Å². The van der Waals surface area contributed by atoms with E-state index >= 15 is 0 Å². The highest BCUT2D eigenvalue weighted by Gasteiger charge is 2.16. The number of ether oxygens (including phenoxy) is 1. The second kappa shape index (κ2) is 4.99. The van der Waals surface area contributed by atoms with Crippen LogP contribution < -0.4 is 10.5 Å². The Morgan fingerprint density at radius 1 is 1.53 bits per heavy atom. The third-order valence-electron chi connectivity index (χ3n) is 2.69. The molecule has 0 bridgehead atoms. The Hall–Kier alpha value is -1.92. The molecule has 0 aliphatic carbocycles. The van der Waals surface area contributed by atoms with E-state index < -0.39 is 0 Å². The van der Waals surface area contributed by atoms with Gasteiger partial charge in [0.25, 0.3) is 0 Å². The highest BCUT2D eigenvalue weighted by Crippen LogP contribution is 2.28. The van der Waals surface area contributed by atoms with Gasteiger partial charge in [-0.05, 0) is 19.1 Å². The smallest absolute Gasteiger partial charge is 0.242 e. The Morgan fingerprint density at radius 2 is 2.42 bits per heavy atom. The summed E-state index contributed by atoms with van der Waals surface area (Å²) in [6, 6.07) is 3.74. The highest BCUT2D eigenvalue weighted by molar-refractivity contribution is 7.15. The molecule has 1 unspecified atom stereocenters. The molecule has 0 spiro atoms. The third-order valence-corrected chi connectivity index (χ3v) is 3.45. The van der Waals surface area contributed by atoms with Crippen LogP contribution in [0.1, 0.15) is 12.6 Å². The summed E-state index contributed by atoms with van der Waals surface area (Å²) in [7, 11) is 0. The average Bonchev–Trinajstić information content (AvgIpc) is 2.94. The largest absolute Gasteiger partial charge is 0.436 e. The van der Waals surface area contributed by atoms with Gasteiger partial charge in [0.1, 0.15) is 5.75 Å². The summed E-state index contributed by atoms with van der Waals surface area (Å²) in [5, 5.41) is 2.00. The molecular weight excluding hydrogens is 260 g/mol. The van der Waals surface area contributed by atoms with Crippen molar-refractivity contribution in [3.63, 3.8) is 0 Å². The van der Waals surface area contributed by atoms with Crippen molar-refractivity contribution in [3.05, 3.63) is 41.8 Å². The summed E-state index contributed by atoms with van der Waals surface area (Å²) >= 11 is 1.58. The molecule has 0 saturated heterocycles. The van der Waals surface area contributed by atoms with Crippen molar-refractivity contribution in [2.75, 3.05) is 0 Å². The van der Waals surface area contributed by atoms with E-state index in [1.165, 1.54) is 0 Å². The number of rotatable bonds is 4. The molecule has 0 fully saturated rings. The van der Waals surface area contributed by atoms with E-state index in [4.69, 9.17) is 10.5 Å². The normalized spacial score (nSPS) is 12.7. The number of nitrogens with two attached hydrogens (primary N) is 1. The van der Waals surface area contributed by atoms with E-state index in [0.717, 1.165) is 10.7 Å². The van der Waals surface area contributed by atoms with Crippen LogP contribution in [0.4, 0.5) is 0 Å². The van der Waals surface area contributed by atoms with Crippen LogP contribution in [-0.2, 0) is 6.42 Å². The van der Waals surface area contributed by atoms with Crippen LogP contribution in [-0.4, -0.2) is 20.4 Å². The van der Waals surface area contributed by atoms with E-state index in [2.05, 4.69) is 9.97 Å². The van der Waals surface area contributed by atoms with Gasteiger partial charge in [0.2, 0.25) is 5.88 Å². The Labute approximate surface area is 114 Å². The van der Waals surface area contributed by atoms with Gasteiger partial charge in [-0.15, -0.1) is 11.3 Å². The maximum Gasteiger partial charge on any atom is 0.242 e. The fourth-order valence-corrected chi connectivity index (χ4v) is 2.63. The van der Waals surface area contributed by atoms with E-state index in [9.17, 15) is 0 Å². The fourth-order valence-electron chi connectivity index (χ4n) is 1.90. The molecule has 1 atom stereocenters. The molecule has 3 aromatic heterocycles. The van der Waals surface area contributed by atoms with Crippen LogP contribution in [0.3, 0.4) is 0 Å². The van der Waals surface area contributed by atoms with Crippen molar-refractivity contribution in [3.8, 4) is 11.6 Å². The van der Waals surface area contributed by atoms with E-state index in [0.29, 0.717) is 18.1 Å². The predicted octanol–water partition coefficient (Wildman–Crippen LogP) is 2.47. The summed E-state index contributed by atoms with van der Waals surface area (Å²) < 4.78 is 7.84. The number of fused-ring (bicyclic) bond motifs is 1. The van der Waals surface area contributed by atoms with Crippen molar-refractivity contribution < 1.29 is 4.74 Å². The van der Waals surface area contributed by atoms with Crippen molar-refractivity contribution in [1.29, 1.82) is 0 Å². The summed E-state index contributed by atoms with van der Waals surface area (Å²) in [6.45, 7) is 1.97. The SMILES string of the molecule is CC(N)Cc1c(Oc2cccnc2)nc2sccn12. The molecule has 2 N–H and O–H groups in total. The lowest BCUT2D eigenvalue weighted by atomic mass is 10.2. The van der Waals surface area contributed by atoms with Gasteiger partial charge in [-0.2, -0.15) is 4.98 Å². The monoisotopic (exact) mass is 274 g/mol. The van der Waals surface area contributed by atoms with Gasteiger partial charge in [-0.1, -0.05) is 0 Å². The zero-order valence-corrected chi connectivity index (χ0v) is 11.3. The Kier molecular flexibility index (Phi) is 3.18. The minimum Gasteiger partial charge on any atom is -0.436 e. The van der Waals surface area contributed by atoms with E-state index in [-0.39, 0.29) is 6.04 Å². The molecule has 0 aliphatic rings. The Balaban J connectivity index is 2.00. The first-order valence-electron chi connectivity index (χ1n) is 6.02. The minimum absolute atomic E-state index is 0.0519. The van der Waals surface area contributed by atoms with Crippen LogP contribution in [0.5, 0.6) is 11.6 Å². The zero-order chi connectivity index (χ0) is 13.2. The van der Waals surface area contributed by atoms with Crippen LogP contribution in [0.2, 0.25) is 0 Å². The zero-order valence-electron chi connectivity index (χ0n) is 10.5. The molecule has 3 rings (SSSR count). The van der Waals surface area contributed by atoms with Crippen molar-refractivity contribution in [2.24, 2.45) is 5.73 Å². The number of nitrogens with zero attached hydrogens (tertiary/aromatic N) is 3. The van der Waals surface area contributed by atoms with Crippen molar-refractivity contribution >= 4 is 16.3 Å². The van der Waals surface area contributed by atoms with Crippen LogP contribution in [0, 0.1) is 0 Å². The second-order valence-corrected chi connectivity index (χ2v) is 5.26. The standard InChI is InChI=1S/C13H14N4OS/c1-9(14)7-11-12(16-13-17(11)5-6-19-13)18-10-3-2-4-15-8-10/h2-6,8-9H,7,14H2,1H3. The summed E-state index contributed by atoms with van der Waals surface area (Å²) in [6.07, 6.45) is 6.08. The molecule has 3 heterocycles. The quantitative estimate of drug-likeness (QED) is 0.793. The molecule has 98 valence electrons. The van der Waals surface area contributed by atoms with Crippen LogP contribution in [0.15, 0.2) is 36.1 Å². The topological polar surface area (TPSA) is 65.4 Å². The maximum absolute atomic E-state index is 5.90. The minimum atomic E-state index is 0.0519. The predicted molar refractivity (Wildman–Crippen MR) is 74.7 cm³/mol. The second-order valence-electron chi connectivity index (χ2n) is 4.39. The Morgan fingerprint density at radius 3 is 3.16 bits per heavy atom. The molecule has 0 amide bonds. The molecular formula is C13H14N4OS. The van der Waals surface area contributed by atoms with Crippen molar-refractivity contribution in [1.82, 2.24) is 14.4 Å². The van der Waals surface area contributed by atoms with E-state index in [1.807, 2.05) is 35.0 Å². The summed E-state index contributed by atoms with van der Waals surface area (Å²) in [5.41, 5.74) is 6.90. The molecule has 6 heteroatoms. The average molecular weight is 274 g/mol. The molecule has 0 radical (unpaired) electrons. The fraction of sp³-hybridized carbons (Fsp3) is 0.231. The van der Waals surface area contributed by atoms with Crippen LogP contribution >= 0.6 is 11.3 Å². The molecule has 0 saturated carbocycles. The van der Waals surface area contributed by atoms with Gasteiger partial charge in [0.15, 0.2) is 4.96 Å². The first-order chi connectivity index (χ1) is 9.24. The maximum atomic E-state index is 5.90. The number of aromatic nitrogens is 3. The van der Waals surface area contributed by atoms with Crippen LogP contribution in [0.25, 0.3) is 4.96 Å². The lowest BCUT2D eigenvalue weighted by Crippen LogP contribution is -2.19. The third kappa shape index (κ3) is 2.45. The first-order valence-corrected chi connectivity index (χ1v) is 6.90. The van der Waals surface area contributed by atoms with Gasteiger partial charge in [-0.25, -0.2) is 0 Å². The van der Waals surface area contributed by atoms with Gasteiger partial charge < -0.3 is 10.5 Å². The lowest BCUT2D eigenvalue weighted by Gasteiger charge is -2.07. The number of thiazole rings is 1. The number of hydrogen-bond donors (Lipinski definition) is 1. The molecule has 0 aromatic carbocycles. The van der Waals surface area contributed by atoms with E-state index in [1.54, 1.807) is 23.7 Å².